The van der Waals surface area contributed by atoms with Crippen molar-refractivity contribution in [1.82, 2.24) is 20.8 Å². The average Bonchev–Trinajstić information content (AvgIpc) is 3.17. The van der Waals surface area contributed by atoms with Gasteiger partial charge in [0.05, 0.1) is 6.54 Å². The Labute approximate surface area is 123 Å². The van der Waals surface area contributed by atoms with E-state index in [1.54, 1.807) is 0 Å². The van der Waals surface area contributed by atoms with Crippen molar-refractivity contribution in [2.45, 2.75) is 38.3 Å². The van der Waals surface area contributed by atoms with Gasteiger partial charge in [-0.2, -0.15) is 0 Å². The van der Waals surface area contributed by atoms with Crippen LogP contribution in [-0.4, -0.2) is 22.3 Å². The average molecular weight is 286 g/mol. The zero-order valence-electron chi connectivity index (χ0n) is 11.7. The van der Waals surface area contributed by atoms with E-state index in [2.05, 4.69) is 20.8 Å². The topological polar surface area (TPSA) is 80.1 Å². The summed E-state index contributed by atoms with van der Waals surface area (Å²) < 4.78 is 5.53. The molecule has 0 aliphatic heterocycles. The van der Waals surface area contributed by atoms with Crippen LogP contribution in [0.2, 0.25) is 0 Å². The standard InChI is InChI=1S/C15H18N4O2/c20-15(17-12-8-4-5-9-12)16-10-13-18-19-14(21-13)11-6-2-1-3-7-11/h1-3,6-7,12H,4-5,8-10H2,(H2,16,17,20). The predicted octanol–water partition coefficient (Wildman–Crippen LogP) is 2.48. The monoisotopic (exact) mass is 286 g/mol. The van der Waals surface area contributed by atoms with Crippen molar-refractivity contribution in [1.29, 1.82) is 0 Å². The minimum Gasteiger partial charge on any atom is -0.419 e. The van der Waals surface area contributed by atoms with Gasteiger partial charge in [-0.1, -0.05) is 31.0 Å². The first-order valence-corrected chi connectivity index (χ1v) is 7.23. The summed E-state index contributed by atoms with van der Waals surface area (Å²) in [4.78, 5) is 11.7. The summed E-state index contributed by atoms with van der Waals surface area (Å²) in [6.07, 6.45) is 4.50. The Morgan fingerprint density at radius 1 is 1.19 bits per heavy atom. The Morgan fingerprint density at radius 3 is 2.71 bits per heavy atom. The lowest BCUT2D eigenvalue weighted by atomic mass is 10.2. The van der Waals surface area contributed by atoms with Gasteiger partial charge in [-0.3, -0.25) is 0 Å². The fraction of sp³-hybridized carbons (Fsp3) is 0.400. The SMILES string of the molecule is O=C(NCc1nnc(-c2ccccc2)o1)NC1CCCC1. The van der Waals surface area contributed by atoms with Gasteiger partial charge >= 0.3 is 6.03 Å². The lowest BCUT2D eigenvalue weighted by Gasteiger charge is -2.11. The third-order valence-corrected chi connectivity index (χ3v) is 3.58. The molecule has 1 heterocycles. The number of carbonyl (C=O) groups excluding carboxylic acids is 1. The molecule has 0 bridgehead atoms. The Balaban J connectivity index is 1.51. The molecule has 6 heteroatoms. The van der Waals surface area contributed by atoms with E-state index in [9.17, 15) is 4.79 Å². The van der Waals surface area contributed by atoms with Crippen LogP contribution in [0.5, 0.6) is 0 Å². The van der Waals surface area contributed by atoms with Gasteiger partial charge < -0.3 is 15.1 Å². The van der Waals surface area contributed by atoms with Gasteiger partial charge in [0.1, 0.15) is 0 Å². The number of nitrogens with one attached hydrogen (secondary N) is 2. The molecule has 0 unspecified atom stereocenters. The van der Waals surface area contributed by atoms with Crippen LogP contribution >= 0.6 is 0 Å². The van der Waals surface area contributed by atoms with Crippen molar-refractivity contribution in [2.24, 2.45) is 0 Å². The molecule has 1 saturated carbocycles. The minimum atomic E-state index is -0.179. The number of amides is 2. The molecule has 2 amide bonds. The van der Waals surface area contributed by atoms with Crippen molar-refractivity contribution in [3.8, 4) is 11.5 Å². The van der Waals surface area contributed by atoms with Gasteiger partial charge in [-0.05, 0) is 25.0 Å². The van der Waals surface area contributed by atoms with Crippen LogP contribution in [0.3, 0.4) is 0 Å². The lowest BCUT2D eigenvalue weighted by Crippen LogP contribution is -2.40. The maximum atomic E-state index is 11.7. The summed E-state index contributed by atoms with van der Waals surface area (Å²) in [7, 11) is 0. The van der Waals surface area contributed by atoms with Crippen molar-refractivity contribution in [3.63, 3.8) is 0 Å². The fourth-order valence-corrected chi connectivity index (χ4v) is 2.48. The highest BCUT2D eigenvalue weighted by Gasteiger charge is 2.17. The van der Waals surface area contributed by atoms with Gasteiger partial charge in [-0.25, -0.2) is 4.79 Å². The largest absolute Gasteiger partial charge is 0.419 e. The first kappa shape index (κ1) is 13.6. The highest BCUT2D eigenvalue weighted by atomic mass is 16.4. The molecule has 0 radical (unpaired) electrons. The second-order valence-corrected chi connectivity index (χ2v) is 5.18. The molecule has 3 rings (SSSR count). The summed E-state index contributed by atoms with van der Waals surface area (Å²) in [6.45, 7) is 0.235. The molecule has 1 fully saturated rings. The molecule has 1 aromatic carbocycles. The van der Waals surface area contributed by atoms with E-state index in [1.165, 1.54) is 12.8 Å². The molecular weight excluding hydrogens is 268 g/mol. The number of urea groups is 1. The first-order chi connectivity index (χ1) is 10.3. The first-order valence-electron chi connectivity index (χ1n) is 7.23. The molecule has 110 valence electrons. The van der Waals surface area contributed by atoms with Gasteiger partial charge in [0, 0.05) is 11.6 Å². The molecule has 0 atom stereocenters. The number of aromatic nitrogens is 2. The van der Waals surface area contributed by atoms with E-state index in [0.717, 1.165) is 18.4 Å². The number of hydrogen-bond donors (Lipinski definition) is 2. The Hall–Kier alpha value is -2.37. The summed E-state index contributed by atoms with van der Waals surface area (Å²) in [5.74, 6) is 0.860. The van der Waals surface area contributed by atoms with E-state index >= 15 is 0 Å². The van der Waals surface area contributed by atoms with Crippen LogP contribution in [0.1, 0.15) is 31.6 Å². The summed E-state index contributed by atoms with van der Waals surface area (Å²) >= 11 is 0. The van der Waals surface area contributed by atoms with Crippen molar-refractivity contribution in [3.05, 3.63) is 36.2 Å². The van der Waals surface area contributed by atoms with Gasteiger partial charge in [0.25, 0.3) is 0 Å². The molecule has 1 aliphatic carbocycles. The Kier molecular flexibility index (Phi) is 4.14. The van der Waals surface area contributed by atoms with E-state index in [-0.39, 0.29) is 12.6 Å². The Bertz CT molecular complexity index is 591. The quantitative estimate of drug-likeness (QED) is 0.905. The zero-order chi connectivity index (χ0) is 14.5. The van der Waals surface area contributed by atoms with E-state index < -0.39 is 0 Å². The normalized spacial score (nSPS) is 15.0. The molecule has 1 aromatic heterocycles. The molecule has 6 nitrogen and oxygen atoms in total. The van der Waals surface area contributed by atoms with Crippen molar-refractivity contribution >= 4 is 6.03 Å². The highest BCUT2D eigenvalue weighted by molar-refractivity contribution is 5.74. The third kappa shape index (κ3) is 3.59. The van der Waals surface area contributed by atoms with Crippen LogP contribution in [-0.2, 0) is 6.54 Å². The van der Waals surface area contributed by atoms with Crippen LogP contribution < -0.4 is 10.6 Å². The molecule has 2 N–H and O–H groups in total. The summed E-state index contributed by atoms with van der Waals surface area (Å²) in [5, 5.41) is 13.6. The zero-order valence-corrected chi connectivity index (χ0v) is 11.7. The van der Waals surface area contributed by atoms with Gasteiger partial charge in [0.15, 0.2) is 0 Å². The van der Waals surface area contributed by atoms with Crippen molar-refractivity contribution < 1.29 is 9.21 Å². The summed E-state index contributed by atoms with van der Waals surface area (Å²) in [5.41, 5.74) is 0.867. The van der Waals surface area contributed by atoms with E-state index in [1.807, 2.05) is 30.3 Å². The number of nitrogens with zero attached hydrogens (tertiary/aromatic N) is 2. The molecular formula is C15H18N4O2. The van der Waals surface area contributed by atoms with E-state index in [0.29, 0.717) is 17.8 Å². The van der Waals surface area contributed by atoms with Crippen LogP contribution in [0.4, 0.5) is 4.79 Å². The third-order valence-electron chi connectivity index (χ3n) is 3.58. The predicted molar refractivity (Wildman–Crippen MR) is 77.4 cm³/mol. The molecule has 0 spiro atoms. The van der Waals surface area contributed by atoms with Crippen LogP contribution in [0, 0.1) is 0 Å². The van der Waals surface area contributed by atoms with E-state index in [4.69, 9.17) is 4.42 Å². The molecule has 21 heavy (non-hydrogen) atoms. The molecule has 0 saturated heterocycles. The molecule has 2 aromatic rings. The smallest absolute Gasteiger partial charge is 0.315 e. The second kappa shape index (κ2) is 6.39. The van der Waals surface area contributed by atoms with Gasteiger partial charge in [0.2, 0.25) is 11.8 Å². The number of carbonyl (C=O) groups is 1. The lowest BCUT2D eigenvalue weighted by molar-refractivity contribution is 0.235. The number of rotatable bonds is 4. The fourth-order valence-electron chi connectivity index (χ4n) is 2.48. The highest BCUT2D eigenvalue weighted by Crippen LogP contribution is 2.18. The van der Waals surface area contributed by atoms with Crippen LogP contribution in [0.15, 0.2) is 34.7 Å². The maximum absolute atomic E-state index is 11.7. The van der Waals surface area contributed by atoms with Crippen LogP contribution in [0.25, 0.3) is 11.5 Å². The maximum Gasteiger partial charge on any atom is 0.315 e. The minimum absolute atomic E-state index is 0.179. The summed E-state index contributed by atoms with van der Waals surface area (Å²) in [6, 6.07) is 9.66. The second-order valence-electron chi connectivity index (χ2n) is 5.18. The number of benzene rings is 1. The van der Waals surface area contributed by atoms with Gasteiger partial charge in [-0.15, -0.1) is 10.2 Å². The Morgan fingerprint density at radius 2 is 1.95 bits per heavy atom. The number of hydrogen-bond acceptors (Lipinski definition) is 4. The molecule has 1 aliphatic rings. The van der Waals surface area contributed by atoms with Crippen molar-refractivity contribution in [2.75, 3.05) is 0 Å².